The quantitative estimate of drug-likeness (QED) is 0.268. The highest BCUT2D eigenvalue weighted by atomic mass is 35.5. The van der Waals surface area contributed by atoms with E-state index in [0.29, 0.717) is 44.4 Å². The van der Waals surface area contributed by atoms with Crippen molar-refractivity contribution in [1.82, 2.24) is 10.2 Å². The first kappa shape index (κ1) is 25.8. The molecular weight excluding hydrogens is 499 g/mol. The lowest BCUT2D eigenvalue weighted by molar-refractivity contribution is -0.140. The van der Waals surface area contributed by atoms with Crippen LogP contribution in [0.5, 0.6) is 0 Å². The van der Waals surface area contributed by atoms with E-state index in [1.807, 2.05) is 6.92 Å². The molecule has 0 spiro atoms. The molecule has 1 aliphatic heterocycles. The van der Waals surface area contributed by atoms with Crippen molar-refractivity contribution in [2.45, 2.75) is 13.0 Å². The maximum atomic E-state index is 12.8. The predicted octanol–water partition coefficient (Wildman–Crippen LogP) is 4.96. The van der Waals surface area contributed by atoms with E-state index in [0.717, 1.165) is 5.56 Å². The molecule has 0 saturated carbocycles. The van der Waals surface area contributed by atoms with E-state index in [9.17, 15) is 9.59 Å². The second kappa shape index (κ2) is 11.5. The van der Waals surface area contributed by atoms with Crippen LogP contribution in [0.2, 0.25) is 10.0 Å². The van der Waals surface area contributed by atoms with Gasteiger partial charge in [0.15, 0.2) is 5.11 Å². The average molecular weight is 523 g/mol. The Hall–Kier alpha value is -2.85. The summed E-state index contributed by atoms with van der Waals surface area (Å²) in [4.78, 5) is 26.9. The summed E-state index contributed by atoms with van der Waals surface area (Å²) in [5.74, 6) is -0.454. The van der Waals surface area contributed by atoms with Gasteiger partial charge in [-0.3, -0.25) is 0 Å². The first-order valence-corrected chi connectivity index (χ1v) is 11.4. The summed E-state index contributed by atoms with van der Waals surface area (Å²) in [5.41, 5.74) is 2.99. The third-order valence-corrected chi connectivity index (χ3v) is 6.30. The second-order valence-corrected chi connectivity index (χ2v) is 8.60. The zero-order valence-electron chi connectivity index (χ0n) is 18.8. The van der Waals surface area contributed by atoms with Crippen LogP contribution in [0.1, 0.15) is 18.5 Å². The number of halogens is 2. The number of esters is 1. The standard InChI is InChI=1S/C23H24Cl2N4O4S/c1-13-19(21(30)33-11-10-32-3)20(28-23(34)29(13)2)14-4-6-15(7-5-14)26-22(31)27-16-8-9-17(24)18(25)12-16/h4-9,12,20H,10-11H2,1-3H3,(H,28,34)(H2,26,27,31). The predicted molar refractivity (Wildman–Crippen MR) is 137 cm³/mol. The van der Waals surface area contributed by atoms with Crippen LogP contribution >= 0.6 is 35.4 Å². The van der Waals surface area contributed by atoms with Crippen molar-refractivity contribution in [3.63, 3.8) is 0 Å². The topological polar surface area (TPSA) is 91.9 Å². The molecule has 8 nitrogen and oxygen atoms in total. The van der Waals surface area contributed by atoms with E-state index in [1.165, 1.54) is 7.11 Å². The Morgan fingerprint density at radius 1 is 1.06 bits per heavy atom. The minimum Gasteiger partial charge on any atom is -0.460 e. The van der Waals surface area contributed by atoms with Crippen molar-refractivity contribution < 1.29 is 19.1 Å². The van der Waals surface area contributed by atoms with Crippen LogP contribution in [0.15, 0.2) is 53.7 Å². The molecule has 3 N–H and O–H groups in total. The number of benzene rings is 2. The maximum Gasteiger partial charge on any atom is 0.338 e. The normalized spacial score (nSPS) is 15.6. The lowest BCUT2D eigenvalue weighted by Gasteiger charge is -2.35. The number of methoxy groups -OCH3 is 1. The fourth-order valence-electron chi connectivity index (χ4n) is 3.27. The van der Waals surface area contributed by atoms with Gasteiger partial charge in [-0.1, -0.05) is 35.3 Å². The van der Waals surface area contributed by atoms with Crippen LogP contribution in [0.25, 0.3) is 0 Å². The minimum absolute atomic E-state index is 0.143. The summed E-state index contributed by atoms with van der Waals surface area (Å²) in [6.07, 6.45) is 0. The Bertz CT molecular complexity index is 1120. The molecule has 11 heteroatoms. The van der Waals surface area contributed by atoms with Crippen molar-refractivity contribution in [3.05, 3.63) is 69.3 Å². The van der Waals surface area contributed by atoms with Crippen molar-refractivity contribution in [1.29, 1.82) is 0 Å². The molecule has 34 heavy (non-hydrogen) atoms. The molecule has 1 unspecified atom stereocenters. The van der Waals surface area contributed by atoms with Crippen molar-refractivity contribution in [2.75, 3.05) is 38.0 Å². The van der Waals surface area contributed by atoms with E-state index in [-0.39, 0.29) is 6.61 Å². The number of ether oxygens (including phenoxy) is 2. The summed E-state index contributed by atoms with van der Waals surface area (Å²) in [6, 6.07) is 10.9. The third kappa shape index (κ3) is 6.18. The zero-order valence-corrected chi connectivity index (χ0v) is 21.1. The number of nitrogens with one attached hydrogen (secondary N) is 3. The van der Waals surface area contributed by atoms with Gasteiger partial charge in [0.1, 0.15) is 6.61 Å². The van der Waals surface area contributed by atoms with Crippen LogP contribution in [-0.4, -0.2) is 49.4 Å². The highest BCUT2D eigenvalue weighted by Gasteiger charge is 2.33. The molecule has 0 bridgehead atoms. The van der Waals surface area contributed by atoms with Crippen molar-refractivity contribution in [2.24, 2.45) is 0 Å². The molecule has 1 atom stereocenters. The lowest BCUT2D eigenvalue weighted by atomic mass is 9.95. The first-order chi connectivity index (χ1) is 16.2. The van der Waals surface area contributed by atoms with Crippen LogP contribution in [0.3, 0.4) is 0 Å². The number of nitrogens with zero attached hydrogens (tertiary/aromatic N) is 1. The third-order valence-electron chi connectivity index (χ3n) is 5.17. The molecule has 0 aliphatic carbocycles. The van der Waals surface area contributed by atoms with Crippen molar-refractivity contribution >= 4 is 63.9 Å². The molecule has 2 aromatic carbocycles. The van der Waals surface area contributed by atoms with Gasteiger partial charge in [-0.2, -0.15) is 0 Å². The van der Waals surface area contributed by atoms with Crippen LogP contribution < -0.4 is 16.0 Å². The van der Waals surface area contributed by atoms with Gasteiger partial charge in [0.05, 0.1) is 28.3 Å². The zero-order chi connectivity index (χ0) is 24.8. The van der Waals surface area contributed by atoms with Gasteiger partial charge in [-0.25, -0.2) is 9.59 Å². The SMILES string of the molecule is COCCOC(=O)C1=C(C)N(C)C(=S)NC1c1ccc(NC(=O)Nc2ccc(Cl)c(Cl)c2)cc1. The molecule has 0 radical (unpaired) electrons. The van der Waals surface area contributed by atoms with E-state index < -0.39 is 18.0 Å². The number of carbonyl (C=O) groups excluding carboxylic acids is 2. The van der Waals surface area contributed by atoms with Gasteiger partial charge >= 0.3 is 12.0 Å². The number of carbonyl (C=O) groups is 2. The Labute approximate surface area is 213 Å². The van der Waals surface area contributed by atoms with Crippen LogP contribution in [0, 0.1) is 0 Å². The molecule has 1 heterocycles. The Balaban J connectivity index is 1.74. The number of hydrogen-bond donors (Lipinski definition) is 3. The van der Waals surface area contributed by atoms with Gasteiger partial charge in [-0.05, 0) is 55.0 Å². The second-order valence-electron chi connectivity index (χ2n) is 7.40. The average Bonchev–Trinajstić information content (AvgIpc) is 2.80. The first-order valence-electron chi connectivity index (χ1n) is 10.2. The Morgan fingerprint density at radius 2 is 1.71 bits per heavy atom. The minimum atomic E-state index is -0.502. The largest absolute Gasteiger partial charge is 0.460 e. The van der Waals surface area contributed by atoms with E-state index >= 15 is 0 Å². The number of anilines is 2. The van der Waals surface area contributed by atoms with Gasteiger partial charge in [0.25, 0.3) is 0 Å². The molecule has 180 valence electrons. The fourth-order valence-corrected chi connectivity index (χ4v) is 3.82. The van der Waals surface area contributed by atoms with Gasteiger partial charge < -0.3 is 30.3 Å². The number of allylic oxidation sites excluding steroid dienone is 1. The summed E-state index contributed by atoms with van der Waals surface area (Å²) >= 11 is 17.3. The van der Waals surface area contributed by atoms with Gasteiger partial charge in [-0.15, -0.1) is 0 Å². The number of rotatable bonds is 7. The summed E-state index contributed by atoms with van der Waals surface area (Å²) in [5, 5.41) is 9.85. The summed E-state index contributed by atoms with van der Waals surface area (Å²) < 4.78 is 10.3. The summed E-state index contributed by atoms with van der Waals surface area (Å²) in [6.45, 7) is 2.26. The Kier molecular flexibility index (Phi) is 8.73. The smallest absolute Gasteiger partial charge is 0.338 e. The lowest BCUT2D eigenvalue weighted by Crippen LogP contribution is -2.46. The number of amides is 2. The molecule has 1 aliphatic rings. The highest BCUT2D eigenvalue weighted by molar-refractivity contribution is 7.80. The van der Waals surface area contributed by atoms with Crippen LogP contribution in [-0.2, 0) is 14.3 Å². The molecule has 0 fully saturated rings. The van der Waals surface area contributed by atoms with Crippen molar-refractivity contribution in [3.8, 4) is 0 Å². The number of urea groups is 1. The van der Waals surface area contributed by atoms with E-state index in [1.54, 1.807) is 54.4 Å². The van der Waals surface area contributed by atoms with E-state index in [2.05, 4.69) is 16.0 Å². The highest BCUT2D eigenvalue weighted by Crippen LogP contribution is 2.31. The van der Waals surface area contributed by atoms with Gasteiger partial charge in [0, 0.05) is 31.2 Å². The monoisotopic (exact) mass is 522 g/mol. The molecule has 3 rings (SSSR count). The number of hydrogen-bond acceptors (Lipinski definition) is 5. The Morgan fingerprint density at radius 3 is 2.35 bits per heavy atom. The molecule has 0 saturated heterocycles. The summed E-state index contributed by atoms with van der Waals surface area (Å²) in [7, 11) is 3.32. The van der Waals surface area contributed by atoms with E-state index in [4.69, 9.17) is 44.9 Å². The molecular formula is C23H24Cl2N4O4S. The molecule has 2 aromatic rings. The van der Waals surface area contributed by atoms with Crippen LogP contribution in [0.4, 0.5) is 16.2 Å². The fraction of sp³-hybridized carbons (Fsp3) is 0.261. The molecule has 2 amide bonds. The molecule has 0 aromatic heterocycles. The number of thiocarbonyl (C=S) groups is 1. The maximum absolute atomic E-state index is 12.8. The van der Waals surface area contributed by atoms with Gasteiger partial charge in [0.2, 0.25) is 0 Å².